The predicted molar refractivity (Wildman–Crippen MR) is 135 cm³/mol. The molecule has 0 N–H and O–H groups in total. The van der Waals surface area contributed by atoms with Crippen LogP contribution < -0.4 is 4.74 Å². The molecular weight excluding hydrogens is 500 g/mol. The number of hydrogen-bond acceptors (Lipinski definition) is 3. The molecular formula is C27H22BrClN2O2. The molecule has 3 aromatic carbocycles. The van der Waals surface area contributed by atoms with E-state index in [0.717, 1.165) is 15.7 Å². The van der Waals surface area contributed by atoms with Crippen molar-refractivity contribution in [2.45, 2.75) is 13.0 Å². The Morgan fingerprint density at radius 1 is 0.909 bits per heavy atom. The Morgan fingerprint density at radius 3 is 2.48 bits per heavy atom. The van der Waals surface area contributed by atoms with Gasteiger partial charge < -0.3 is 9.64 Å². The Hall–Kier alpha value is -3.15. The van der Waals surface area contributed by atoms with Crippen molar-refractivity contribution >= 4 is 33.4 Å². The third-order valence-electron chi connectivity index (χ3n) is 5.04. The minimum atomic E-state index is -0.0312. The molecule has 6 heteroatoms. The molecule has 0 bridgehead atoms. The molecule has 0 fully saturated rings. The van der Waals surface area contributed by atoms with Gasteiger partial charge in [-0.1, -0.05) is 51.8 Å². The summed E-state index contributed by atoms with van der Waals surface area (Å²) in [6.45, 7) is 1.00. The fourth-order valence-corrected chi connectivity index (χ4v) is 3.94. The van der Waals surface area contributed by atoms with Crippen molar-refractivity contribution in [3.8, 4) is 11.5 Å². The zero-order valence-corrected chi connectivity index (χ0v) is 20.2. The van der Waals surface area contributed by atoms with Crippen molar-refractivity contribution in [1.82, 2.24) is 9.88 Å². The van der Waals surface area contributed by atoms with Gasteiger partial charge in [0.1, 0.15) is 11.5 Å². The van der Waals surface area contributed by atoms with Crippen molar-refractivity contribution < 1.29 is 9.53 Å². The van der Waals surface area contributed by atoms with Crippen LogP contribution in [0, 0.1) is 0 Å². The highest BCUT2D eigenvalue weighted by atomic mass is 79.9. The van der Waals surface area contributed by atoms with Crippen molar-refractivity contribution in [3.05, 3.63) is 124 Å². The summed E-state index contributed by atoms with van der Waals surface area (Å²) < 4.78 is 6.84. The third kappa shape index (κ3) is 6.67. The maximum Gasteiger partial charge on any atom is 0.254 e. The van der Waals surface area contributed by atoms with Crippen molar-refractivity contribution in [2.75, 3.05) is 6.54 Å². The molecule has 0 aliphatic heterocycles. The summed E-state index contributed by atoms with van der Waals surface area (Å²) in [5.41, 5.74) is 2.56. The van der Waals surface area contributed by atoms with Gasteiger partial charge in [0.05, 0.1) is 0 Å². The SMILES string of the molecule is O=C(c1cccc(Br)c1)N(CCc1ccccn1)Cc1cccc(Oc2ccc(Cl)cc2)c1. The number of benzene rings is 3. The van der Waals surface area contributed by atoms with E-state index in [9.17, 15) is 4.79 Å². The van der Waals surface area contributed by atoms with Crippen LogP contribution in [0.2, 0.25) is 5.02 Å². The molecule has 4 aromatic rings. The third-order valence-corrected chi connectivity index (χ3v) is 5.79. The number of carbonyl (C=O) groups excluding carboxylic acids is 1. The van der Waals surface area contributed by atoms with Crippen LogP contribution in [-0.4, -0.2) is 22.3 Å². The lowest BCUT2D eigenvalue weighted by Crippen LogP contribution is -2.32. The van der Waals surface area contributed by atoms with Gasteiger partial charge in [0.25, 0.3) is 5.91 Å². The Kier molecular flexibility index (Phi) is 7.76. The summed E-state index contributed by atoms with van der Waals surface area (Å²) in [6.07, 6.45) is 2.44. The largest absolute Gasteiger partial charge is 0.457 e. The van der Waals surface area contributed by atoms with Crippen LogP contribution in [0.4, 0.5) is 0 Å². The Bertz CT molecular complexity index is 1220. The van der Waals surface area contributed by atoms with Gasteiger partial charge in [-0.25, -0.2) is 0 Å². The standard InChI is InChI=1S/C27H22BrClN2O2/c28-22-7-4-6-21(18-22)27(32)31(16-14-24-8-1-2-15-30-24)19-20-5-3-9-26(17-20)33-25-12-10-23(29)11-13-25/h1-13,15,17-18H,14,16,19H2. The highest BCUT2D eigenvalue weighted by molar-refractivity contribution is 9.10. The van der Waals surface area contributed by atoms with E-state index in [1.807, 2.05) is 83.8 Å². The molecule has 0 unspecified atom stereocenters. The van der Waals surface area contributed by atoms with Crippen LogP contribution in [0.5, 0.6) is 11.5 Å². The van der Waals surface area contributed by atoms with Crippen LogP contribution in [0.25, 0.3) is 0 Å². The number of nitrogens with zero attached hydrogens (tertiary/aromatic N) is 2. The van der Waals surface area contributed by atoms with Gasteiger partial charge in [-0.3, -0.25) is 9.78 Å². The number of pyridine rings is 1. The van der Waals surface area contributed by atoms with Crippen LogP contribution in [0.3, 0.4) is 0 Å². The summed E-state index contributed by atoms with van der Waals surface area (Å²) >= 11 is 9.42. The molecule has 0 spiro atoms. The molecule has 0 saturated heterocycles. The first-order valence-corrected chi connectivity index (χ1v) is 11.7. The highest BCUT2D eigenvalue weighted by Crippen LogP contribution is 2.25. The van der Waals surface area contributed by atoms with Gasteiger partial charge in [-0.05, 0) is 72.3 Å². The monoisotopic (exact) mass is 520 g/mol. The lowest BCUT2D eigenvalue weighted by Gasteiger charge is -2.23. The first-order chi connectivity index (χ1) is 16.1. The fraction of sp³-hybridized carbons (Fsp3) is 0.111. The van der Waals surface area contributed by atoms with E-state index in [2.05, 4.69) is 20.9 Å². The fourth-order valence-electron chi connectivity index (χ4n) is 3.42. The predicted octanol–water partition coefficient (Wildman–Crippen LogP) is 7.17. The Morgan fingerprint density at radius 2 is 1.73 bits per heavy atom. The summed E-state index contributed by atoms with van der Waals surface area (Å²) in [4.78, 5) is 19.6. The van der Waals surface area contributed by atoms with Gasteiger partial charge >= 0.3 is 0 Å². The summed E-state index contributed by atoms with van der Waals surface area (Å²) in [7, 11) is 0. The van der Waals surface area contributed by atoms with E-state index in [-0.39, 0.29) is 5.91 Å². The van der Waals surface area contributed by atoms with E-state index in [1.54, 1.807) is 18.3 Å². The lowest BCUT2D eigenvalue weighted by atomic mass is 10.1. The molecule has 0 radical (unpaired) electrons. The van der Waals surface area contributed by atoms with Crippen LogP contribution in [0.15, 0.2) is 102 Å². The Balaban J connectivity index is 1.53. The van der Waals surface area contributed by atoms with Crippen molar-refractivity contribution in [2.24, 2.45) is 0 Å². The van der Waals surface area contributed by atoms with E-state index in [1.165, 1.54) is 0 Å². The average Bonchev–Trinajstić information content (AvgIpc) is 2.84. The molecule has 0 aliphatic rings. The molecule has 1 aromatic heterocycles. The first-order valence-electron chi connectivity index (χ1n) is 10.5. The van der Waals surface area contributed by atoms with Gasteiger partial charge in [-0.2, -0.15) is 0 Å². The van der Waals surface area contributed by atoms with Gasteiger partial charge in [0.2, 0.25) is 0 Å². The molecule has 4 rings (SSSR count). The van der Waals surface area contributed by atoms with Gasteiger partial charge in [0.15, 0.2) is 0 Å². The van der Waals surface area contributed by atoms with E-state index < -0.39 is 0 Å². The van der Waals surface area contributed by atoms with Crippen LogP contribution in [0.1, 0.15) is 21.6 Å². The number of ether oxygens (including phenoxy) is 1. The number of hydrogen-bond donors (Lipinski definition) is 0. The maximum absolute atomic E-state index is 13.4. The molecule has 0 aliphatic carbocycles. The van der Waals surface area contributed by atoms with Gasteiger partial charge in [0, 0.05) is 46.5 Å². The van der Waals surface area contributed by atoms with Crippen molar-refractivity contribution in [3.63, 3.8) is 0 Å². The molecule has 166 valence electrons. The number of amides is 1. The van der Waals surface area contributed by atoms with Gasteiger partial charge in [-0.15, -0.1) is 0 Å². The van der Waals surface area contributed by atoms with Crippen LogP contribution in [-0.2, 0) is 13.0 Å². The topological polar surface area (TPSA) is 42.4 Å². The first kappa shape index (κ1) is 23.0. The second kappa shape index (κ2) is 11.1. The van der Waals surface area contributed by atoms with E-state index in [0.29, 0.717) is 41.6 Å². The quantitative estimate of drug-likeness (QED) is 0.247. The molecule has 33 heavy (non-hydrogen) atoms. The smallest absolute Gasteiger partial charge is 0.254 e. The summed E-state index contributed by atoms with van der Waals surface area (Å²) in [5.74, 6) is 1.37. The zero-order valence-electron chi connectivity index (χ0n) is 17.8. The van der Waals surface area contributed by atoms with Crippen molar-refractivity contribution in [1.29, 1.82) is 0 Å². The van der Waals surface area contributed by atoms with E-state index in [4.69, 9.17) is 16.3 Å². The minimum Gasteiger partial charge on any atom is -0.457 e. The normalized spacial score (nSPS) is 10.6. The molecule has 0 atom stereocenters. The minimum absolute atomic E-state index is 0.0312. The molecule has 0 saturated carbocycles. The molecule has 1 amide bonds. The number of aromatic nitrogens is 1. The number of carbonyl (C=O) groups is 1. The van der Waals surface area contributed by atoms with Crippen LogP contribution >= 0.6 is 27.5 Å². The number of rotatable bonds is 8. The van der Waals surface area contributed by atoms with E-state index >= 15 is 0 Å². The second-order valence-corrected chi connectivity index (χ2v) is 8.86. The molecule has 4 nitrogen and oxygen atoms in total. The Labute approximate surface area is 206 Å². The number of halogens is 2. The average molecular weight is 522 g/mol. The zero-order chi connectivity index (χ0) is 23.0. The molecule has 1 heterocycles. The summed E-state index contributed by atoms with van der Waals surface area (Å²) in [5, 5.41) is 0.658. The second-order valence-electron chi connectivity index (χ2n) is 7.51. The highest BCUT2D eigenvalue weighted by Gasteiger charge is 2.17. The lowest BCUT2D eigenvalue weighted by molar-refractivity contribution is 0.0744. The summed E-state index contributed by atoms with van der Waals surface area (Å²) in [6, 6.07) is 28.3. The maximum atomic E-state index is 13.4.